The molecule has 7 nitrogen and oxygen atoms in total. The number of carbonyl (C=O) groups is 1. The van der Waals surface area contributed by atoms with Crippen molar-refractivity contribution in [3.05, 3.63) is 47.0 Å². The molecule has 0 bridgehead atoms. The largest absolute Gasteiger partial charge is 0.494 e. The van der Waals surface area contributed by atoms with Crippen molar-refractivity contribution in [3.8, 4) is 16.3 Å². The van der Waals surface area contributed by atoms with Crippen molar-refractivity contribution in [2.24, 2.45) is 0 Å². The number of hydrogen-bond acceptors (Lipinski definition) is 6. The van der Waals surface area contributed by atoms with Crippen LogP contribution in [0, 0.1) is 0 Å². The number of aromatic nitrogens is 4. The Hall–Kier alpha value is -2.74. The summed E-state index contributed by atoms with van der Waals surface area (Å²) in [7, 11) is 0. The van der Waals surface area contributed by atoms with Crippen LogP contribution in [0.2, 0.25) is 0 Å². The van der Waals surface area contributed by atoms with Crippen molar-refractivity contribution in [1.29, 1.82) is 0 Å². The van der Waals surface area contributed by atoms with Gasteiger partial charge in [0.05, 0.1) is 24.8 Å². The number of thiazole rings is 1. The zero-order valence-corrected chi connectivity index (χ0v) is 19.3. The van der Waals surface area contributed by atoms with Gasteiger partial charge in [-0.15, -0.1) is 21.5 Å². The van der Waals surface area contributed by atoms with E-state index in [2.05, 4.69) is 14.8 Å². The summed E-state index contributed by atoms with van der Waals surface area (Å²) in [6.45, 7) is 4.37. The lowest BCUT2D eigenvalue weighted by Gasteiger charge is -2.24. The monoisotopic (exact) mass is 451 g/mol. The van der Waals surface area contributed by atoms with Gasteiger partial charge in [0.25, 0.3) is 0 Å². The predicted molar refractivity (Wildman–Crippen MR) is 124 cm³/mol. The van der Waals surface area contributed by atoms with Gasteiger partial charge in [-0.25, -0.2) is 4.98 Å². The molecule has 0 aliphatic carbocycles. The Morgan fingerprint density at radius 2 is 2.00 bits per heavy atom. The Labute approximate surface area is 192 Å². The van der Waals surface area contributed by atoms with Gasteiger partial charge in [-0.3, -0.25) is 4.79 Å². The van der Waals surface area contributed by atoms with E-state index in [4.69, 9.17) is 9.72 Å². The number of aryl methyl sites for hydroxylation is 1. The molecule has 2 aromatic heterocycles. The smallest absolute Gasteiger partial charge is 0.229 e. The molecule has 168 valence electrons. The molecule has 3 aromatic rings. The Morgan fingerprint density at radius 3 is 2.84 bits per heavy atom. The quantitative estimate of drug-likeness (QED) is 0.554. The van der Waals surface area contributed by atoms with E-state index in [1.165, 1.54) is 12.8 Å². The van der Waals surface area contributed by atoms with Crippen LogP contribution in [0.25, 0.3) is 10.6 Å². The molecule has 1 unspecified atom stereocenters. The fourth-order valence-corrected chi connectivity index (χ4v) is 5.55. The van der Waals surface area contributed by atoms with E-state index in [1.54, 1.807) is 11.3 Å². The van der Waals surface area contributed by atoms with Crippen LogP contribution in [0.5, 0.6) is 5.75 Å². The van der Waals surface area contributed by atoms with Crippen molar-refractivity contribution < 1.29 is 9.53 Å². The van der Waals surface area contributed by atoms with Gasteiger partial charge < -0.3 is 14.2 Å². The maximum Gasteiger partial charge on any atom is 0.229 e. The number of likely N-dealkylation sites (tertiary alicyclic amines) is 1. The first-order chi connectivity index (χ1) is 15.7. The zero-order valence-electron chi connectivity index (χ0n) is 18.5. The zero-order chi connectivity index (χ0) is 21.9. The van der Waals surface area contributed by atoms with E-state index in [0.717, 1.165) is 72.4 Å². The van der Waals surface area contributed by atoms with E-state index in [9.17, 15) is 4.79 Å². The third-order valence-corrected chi connectivity index (χ3v) is 7.25. The van der Waals surface area contributed by atoms with Gasteiger partial charge in [-0.2, -0.15) is 0 Å². The fraction of sp³-hybridized carbons (Fsp3) is 0.500. The predicted octanol–water partition coefficient (Wildman–Crippen LogP) is 4.43. The maximum absolute atomic E-state index is 13.2. The number of hydrogen-bond donors (Lipinski definition) is 0. The van der Waals surface area contributed by atoms with Gasteiger partial charge >= 0.3 is 0 Å². The number of rotatable bonds is 6. The second-order valence-corrected chi connectivity index (χ2v) is 9.32. The molecule has 32 heavy (non-hydrogen) atoms. The van der Waals surface area contributed by atoms with Crippen molar-refractivity contribution >= 4 is 17.2 Å². The second kappa shape index (κ2) is 9.40. The summed E-state index contributed by atoms with van der Waals surface area (Å²) in [5.74, 6) is 3.04. The average molecular weight is 452 g/mol. The average Bonchev–Trinajstić information content (AvgIpc) is 3.52. The van der Waals surface area contributed by atoms with Crippen LogP contribution in [0.3, 0.4) is 0 Å². The Balaban J connectivity index is 1.28. The molecule has 5 rings (SSSR count). The molecule has 1 aromatic carbocycles. The molecule has 2 aliphatic rings. The molecule has 0 spiro atoms. The highest BCUT2D eigenvalue weighted by Crippen LogP contribution is 2.33. The van der Waals surface area contributed by atoms with Gasteiger partial charge in [-0.1, -0.05) is 6.42 Å². The third-order valence-electron chi connectivity index (χ3n) is 6.31. The maximum atomic E-state index is 13.2. The SMILES string of the molecule is CCOc1ccc(-c2nc(CC(=O)N3CCCC3c3nnc4n3CCCCC4)cs2)cc1. The molecule has 1 atom stereocenters. The minimum Gasteiger partial charge on any atom is -0.494 e. The molecule has 1 fully saturated rings. The van der Waals surface area contributed by atoms with Crippen LogP contribution in [-0.4, -0.2) is 43.7 Å². The normalized spacial score (nSPS) is 18.4. The Bertz CT molecular complexity index is 1070. The number of amides is 1. The van der Waals surface area contributed by atoms with E-state index < -0.39 is 0 Å². The fourth-order valence-electron chi connectivity index (χ4n) is 4.73. The number of carbonyl (C=O) groups excluding carboxylic acids is 1. The number of fused-ring (bicyclic) bond motifs is 1. The van der Waals surface area contributed by atoms with Crippen LogP contribution >= 0.6 is 11.3 Å². The summed E-state index contributed by atoms with van der Waals surface area (Å²) in [6, 6.07) is 7.99. The van der Waals surface area contributed by atoms with Crippen LogP contribution in [0.15, 0.2) is 29.6 Å². The highest BCUT2D eigenvalue weighted by atomic mass is 32.1. The van der Waals surface area contributed by atoms with E-state index in [-0.39, 0.29) is 11.9 Å². The van der Waals surface area contributed by atoms with Gasteiger partial charge in [0.2, 0.25) is 5.91 Å². The van der Waals surface area contributed by atoms with Crippen molar-refractivity contribution in [1.82, 2.24) is 24.6 Å². The topological polar surface area (TPSA) is 73.1 Å². The third kappa shape index (κ3) is 4.28. The second-order valence-electron chi connectivity index (χ2n) is 8.46. The van der Waals surface area contributed by atoms with E-state index in [1.807, 2.05) is 41.5 Å². The summed E-state index contributed by atoms with van der Waals surface area (Å²) in [4.78, 5) is 20.0. The van der Waals surface area contributed by atoms with Gasteiger partial charge in [0.15, 0.2) is 5.82 Å². The molecule has 0 saturated carbocycles. The Morgan fingerprint density at radius 1 is 1.12 bits per heavy atom. The van der Waals surface area contributed by atoms with Crippen molar-refractivity contribution in [3.63, 3.8) is 0 Å². The minimum absolute atomic E-state index is 0.0334. The number of ether oxygens (including phenoxy) is 1. The highest BCUT2D eigenvalue weighted by Gasteiger charge is 2.34. The molecule has 0 N–H and O–H groups in total. The number of nitrogens with zero attached hydrogens (tertiary/aromatic N) is 5. The van der Waals surface area contributed by atoms with Gasteiger partial charge in [0, 0.05) is 30.5 Å². The lowest BCUT2D eigenvalue weighted by Crippen LogP contribution is -2.33. The first-order valence-corrected chi connectivity index (χ1v) is 12.5. The molecular weight excluding hydrogens is 422 g/mol. The molecule has 4 heterocycles. The standard InChI is InChI=1S/C24H29N5O2S/c1-2-31-19-11-9-17(10-12-19)24-25-18(16-32-24)15-22(30)28-14-6-7-20(28)23-27-26-21-8-4-3-5-13-29(21)23/h9-12,16,20H,2-8,13-15H2,1H3. The molecule has 8 heteroatoms. The van der Waals surface area contributed by atoms with Crippen LogP contribution in [0.4, 0.5) is 0 Å². The Kier molecular flexibility index (Phi) is 6.21. The summed E-state index contributed by atoms with van der Waals surface area (Å²) in [5, 5.41) is 11.9. The van der Waals surface area contributed by atoms with Crippen molar-refractivity contribution in [2.45, 2.75) is 64.5 Å². The van der Waals surface area contributed by atoms with Crippen molar-refractivity contribution in [2.75, 3.05) is 13.2 Å². The molecule has 2 aliphatic heterocycles. The first kappa shape index (κ1) is 21.1. The van der Waals surface area contributed by atoms with E-state index in [0.29, 0.717) is 13.0 Å². The van der Waals surface area contributed by atoms with Crippen LogP contribution in [0.1, 0.15) is 62.4 Å². The molecule has 1 amide bonds. The first-order valence-electron chi connectivity index (χ1n) is 11.6. The minimum atomic E-state index is 0.0334. The molecule has 1 saturated heterocycles. The summed E-state index contributed by atoms with van der Waals surface area (Å²) < 4.78 is 7.79. The van der Waals surface area contributed by atoms with Crippen LogP contribution < -0.4 is 4.74 Å². The molecule has 0 radical (unpaired) electrons. The summed E-state index contributed by atoms with van der Waals surface area (Å²) in [6.07, 6.45) is 6.84. The van der Waals surface area contributed by atoms with Gasteiger partial charge in [-0.05, 0) is 56.9 Å². The lowest BCUT2D eigenvalue weighted by molar-refractivity contribution is -0.131. The highest BCUT2D eigenvalue weighted by molar-refractivity contribution is 7.13. The van der Waals surface area contributed by atoms with Gasteiger partial charge in [0.1, 0.15) is 16.6 Å². The summed E-state index contributed by atoms with van der Waals surface area (Å²) >= 11 is 1.58. The molecular formula is C24H29N5O2S. The lowest BCUT2D eigenvalue weighted by atomic mass is 10.2. The number of benzene rings is 1. The van der Waals surface area contributed by atoms with Crippen LogP contribution in [-0.2, 0) is 24.2 Å². The summed E-state index contributed by atoms with van der Waals surface area (Å²) in [5.41, 5.74) is 1.87. The van der Waals surface area contributed by atoms with E-state index >= 15 is 0 Å².